The topological polar surface area (TPSA) is 70.0 Å². The van der Waals surface area contributed by atoms with Gasteiger partial charge in [-0.05, 0) is 18.2 Å². The average Bonchev–Trinajstić information content (AvgIpc) is 2.33. The Balaban J connectivity index is 2.76. The summed E-state index contributed by atoms with van der Waals surface area (Å²) in [6.45, 7) is 0.961. The molecule has 0 heterocycles. The van der Waals surface area contributed by atoms with Crippen LogP contribution in [0.1, 0.15) is 10.4 Å². The molecule has 0 aliphatic rings. The highest BCUT2D eigenvalue weighted by atomic mass is 16.5. The number of amides is 1. The van der Waals surface area contributed by atoms with Gasteiger partial charge >= 0.3 is 0 Å². The van der Waals surface area contributed by atoms with Gasteiger partial charge < -0.3 is 19.8 Å². The van der Waals surface area contributed by atoms with Gasteiger partial charge in [0.25, 0.3) is 5.91 Å². The third-order valence-corrected chi connectivity index (χ3v) is 2.32. The molecule has 0 atom stereocenters. The maximum Gasteiger partial charge on any atom is 0.254 e. The summed E-state index contributed by atoms with van der Waals surface area (Å²) in [5.41, 5.74) is 0.398. The molecule has 0 fully saturated rings. The number of hydrogen-bond donors (Lipinski definition) is 2. The SMILES string of the molecule is COCCN(CCO)C(=O)c1cccc(O)c1. The van der Waals surface area contributed by atoms with E-state index in [-0.39, 0.29) is 24.8 Å². The number of aromatic hydroxyl groups is 1. The zero-order valence-corrected chi connectivity index (χ0v) is 9.80. The summed E-state index contributed by atoms with van der Waals surface area (Å²) in [5.74, 6) is -0.182. The van der Waals surface area contributed by atoms with Crippen LogP contribution in [-0.4, -0.2) is 54.4 Å². The Morgan fingerprint density at radius 1 is 1.41 bits per heavy atom. The van der Waals surface area contributed by atoms with Crippen molar-refractivity contribution in [3.63, 3.8) is 0 Å². The summed E-state index contributed by atoms with van der Waals surface area (Å²) in [6, 6.07) is 6.14. The Hall–Kier alpha value is -1.59. The Morgan fingerprint density at radius 2 is 2.18 bits per heavy atom. The molecule has 1 aromatic carbocycles. The number of carbonyl (C=O) groups is 1. The summed E-state index contributed by atoms with van der Waals surface area (Å²) in [4.78, 5) is 13.5. The molecule has 0 saturated carbocycles. The monoisotopic (exact) mass is 239 g/mol. The molecule has 5 nitrogen and oxygen atoms in total. The number of aliphatic hydroxyl groups excluding tert-OH is 1. The quantitative estimate of drug-likeness (QED) is 0.757. The number of nitrogens with zero attached hydrogens (tertiary/aromatic N) is 1. The second-order valence-corrected chi connectivity index (χ2v) is 3.56. The van der Waals surface area contributed by atoms with Crippen molar-refractivity contribution in [3.05, 3.63) is 29.8 Å². The third-order valence-electron chi connectivity index (χ3n) is 2.32. The van der Waals surface area contributed by atoms with Gasteiger partial charge in [0, 0.05) is 25.8 Å². The first kappa shape index (κ1) is 13.5. The number of phenols is 1. The van der Waals surface area contributed by atoms with Crippen LogP contribution in [0.4, 0.5) is 0 Å². The van der Waals surface area contributed by atoms with E-state index in [2.05, 4.69) is 0 Å². The van der Waals surface area contributed by atoms with E-state index in [1.807, 2.05) is 0 Å². The number of aliphatic hydroxyl groups is 1. The lowest BCUT2D eigenvalue weighted by Gasteiger charge is -2.21. The van der Waals surface area contributed by atoms with Crippen molar-refractivity contribution < 1.29 is 19.7 Å². The van der Waals surface area contributed by atoms with Crippen LogP contribution in [0.3, 0.4) is 0 Å². The minimum atomic E-state index is -0.230. The number of carbonyl (C=O) groups excluding carboxylic acids is 1. The van der Waals surface area contributed by atoms with E-state index in [1.165, 1.54) is 17.0 Å². The molecule has 1 rings (SSSR count). The Morgan fingerprint density at radius 3 is 2.76 bits per heavy atom. The van der Waals surface area contributed by atoms with E-state index >= 15 is 0 Å². The highest BCUT2D eigenvalue weighted by Gasteiger charge is 2.15. The van der Waals surface area contributed by atoms with Crippen LogP contribution in [0.15, 0.2) is 24.3 Å². The molecular formula is C12H17NO4. The minimum absolute atomic E-state index is 0.0477. The van der Waals surface area contributed by atoms with Crippen LogP contribution in [0.25, 0.3) is 0 Å². The molecule has 1 aromatic rings. The highest BCUT2D eigenvalue weighted by molar-refractivity contribution is 5.94. The maximum absolute atomic E-state index is 12.0. The molecule has 0 spiro atoms. The van der Waals surface area contributed by atoms with Crippen LogP contribution in [0.5, 0.6) is 5.75 Å². The summed E-state index contributed by atoms with van der Waals surface area (Å²) in [5, 5.41) is 18.2. The van der Waals surface area contributed by atoms with Gasteiger partial charge in [0.15, 0.2) is 0 Å². The van der Waals surface area contributed by atoms with Gasteiger partial charge in [-0.3, -0.25) is 4.79 Å². The zero-order valence-electron chi connectivity index (χ0n) is 9.80. The number of benzene rings is 1. The van der Waals surface area contributed by atoms with Gasteiger partial charge in [-0.25, -0.2) is 0 Å². The van der Waals surface area contributed by atoms with Crippen molar-refractivity contribution >= 4 is 5.91 Å². The van der Waals surface area contributed by atoms with Crippen molar-refractivity contribution in [2.75, 3.05) is 33.4 Å². The van der Waals surface area contributed by atoms with E-state index in [9.17, 15) is 9.90 Å². The molecule has 0 saturated heterocycles. The highest BCUT2D eigenvalue weighted by Crippen LogP contribution is 2.12. The number of methoxy groups -OCH3 is 1. The lowest BCUT2D eigenvalue weighted by Crippen LogP contribution is -2.36. The largest absolute Gasteiger partial charge is 0.508 e. The van der Waals surface area contributed by atoms with Gasteiger partial charge in [0.05, 0.1) is 13.2 Å². The number of ether oxygens (including phenoxy) is 1. The van der Waals surface area contributed by atoms with Gasteiger partial charge in [-0.1, -0.05) is 6.07 Å². The number of hydrogen-bond acceptors (Lipinski definition) is 4. The average molecular weight is 239 g/mol. The minimum Gasteiger partial charge on any atom is -0.508 e. The van der Waals surface area contributed by atoms with Crippen LogP contribution in [0, 0.1) is 0 Å². The fourth-order valence-corrected chi connectivity index (χ4v) is 1.46. The van der Waals surface area contributed by atoms with Crippen LogP contribution < -0.4 is 0 Å². The summed E-state index contributed by atoms with van der Waals surface area (Å²) in [7, 11) is 1.55. The normalized spacial score (nSPS) is 10.2. The van der Waals surface area contributed by atoms with Gasteiger partial charge in [-0.15, -0.1) is 0 Å². The molecule has 17 heavy (non-hydrogen) atoms. The predicted molar refractivity (Wildman–Crippen MR) is 63.0 cm³/mol. The van der Waals surface area contributed by atoms with Crippen LogP contribution in [0.2, 0.25) is 0 Å². The maximum atomic E-state index is 12.0. The summed E-state index contributed by atoms with van der Waals surface area (Å²) < 4.78 is 4.90. The van der Waals surface area contributed by atoms with E-state index in [1.54, 1.807) is 19.2 Å². The van der Waals surface area contributed by atoms with Crippen molar-refractivity contribution in [1.82, 2.24) is 4.90 Å². The predicted octanol–water partition coefficient (Wildman–Crippen LogP) is 0.473. The van der Waals surface area contributed by atoms with Crippen molar-refractivity contribution in [1.29, 1.82) is 0 Å². The van der Waals surface area contributed by atoms with Crippen LogP contribution >= 0.6 is 0 Å². The third kappa shape index (κ3) is 4.05. The summed E-state index contributed by atoms with van der Waals surface area (Å²) in [6.07, 6.45) is 0. The first-order chi connectivity index (χ1) is 8.19. The number of phenolic OH excluding ortho intramolecular Hbond substituents is 1. The molecule has 0 aliphatic carbocycles. The Kier molecular flexibility index (Phi) is 5.45. The van der Waals surface area contributed by atoms with E-state index < -0.39 is 0 Å². The second kappa shape index (κ2) is 6.88. The van der Waals surface area contributed by atoms with Crippen LogP contribution in [-0.2, 0) is 4.74 Å². The van der Waals surface area contributed by atoms with Gasteiger partial charge in [0.1, 0.15) is 5.75 Å². The Labute approximate surface area is 100 Å². The smallest absolute Gasteiger partial charge is 0.254 e. The zero-order chi connectivity index (χ0) is 12.7. The van der Waals surface area contributed by atoms with E-state index in [4.69, 9.17) is 9.84 Å². The molecule has 0 radical (unpaired) electrons. The molecule has 2 N–H and O–H groups in total. The first-order valence-electron chi connectivity index (χ1n) is 5.37. The fraction of sp³-hybridized carbons (Fsp3) is 0.417. The van der Waals surface area contributed by atoms with Crippen molar-refractivity contribution in [2.24, 2.45) is 0 Å². The molecular weight excluding hydrogens is 222 g/mol. The van der Waals surface area contributed by atoms with E-state index in [0.29, 0.717) is 18.7 Å². The van der Waals surface area contributed by atoms with Crippen molar-refractivity contribution in [2.45, 2.75) is 0 Å². The lowest BCUT2D eigenvalue weighted by atomic mass is 10.2. The molecule has 94 valence electrons. The van der Waals surface area contributed by atoms with E-state index in [0.717, 1.165) is 0 Å². The van der Waals surface area contributed by atoms with Crippen molar-refractivity contribution in [3.8, 4) is 5.75 Å². The van der Waals surface area contributed by atoms with Gasteiger partial charge in [0.2, 0.25) is 0 Å². The second-order valence-electron chi connectivity index (χ2n) is 3.56. The molecule has 0 aliphatic heterocycles. The first-order valence-corrected chi connectivity index (χ1v) is 5.37. The molecule has 0 unspecified atom stereocenters. The molecule has 1 amide bonds. The standard InChI is InChI=1S/C12H17NO4/c1-17-8-6-13(5-7-14)12(16)10-3-2-4-11(15)9-10/h2-4,9,14-15H,5-8H2,1H3. The molecule has 5 heteroatoms. The molecule has 0 bridgehead atoms. The Bertz CT molecular complexity index is 367. The van der Waals surface area contributed by atoms with Gasteiger partial charge in [-0.2, -0.15) is 0 Å². The summed E-state index contributed by atoms with van der Waals surface area (Å²) >= 11 is 0. The number of rotatable bonds is 6. The molecule has 0 aromatic heterocycles. The fourth-order valence-electron chi connectivity index (χ4n) is 1.46. The lowest BCUT2D eigenvalue weighted by molar-refractivity contribution is 0.0656.